The first-order valence-corrected chi connectivity index (χ1v) is 11.8. The highest BCUT2D eigenvalue weighted by Gasteiger charge is 2.18. The lowest BCUT2D eigenvalue weighted by atomic mass is 9.96. The fourth-order valence-electron chi connectivity index (χ4n) is 3.30. The Morgan fingerprint density at radius 2 is 1.48 bits per heavy atom. The molecule has 3 aromatic rings. The topological polar surface area (TPSA) is 75.3 Å². The van der Waals surface area contributed by atoms with Crippen molar-refractivity contribution in [2.24, 2.45) is 5.92 Å². The van der Waals surface area contributed by atoms with Crippen molar-refractivity contribution in [1.29, 1.82) is 0 Å². The molecule has 3 rings (SSSR count). The lowest BCUT2D eigenvalue weighted by Gasteiger charge is -2.21. The van der Waals surface area contributed by atoms with Crippen LogP contribution in [0.4, 0.5) is 5.69 Å². The van der Waals surface area contributed by atoms with Gasteiger partial charge in [-0.3, -0.25) is 9.52 Å². The molecule has 0 aromatic heterocycles. The van der Waals surface area contributed by atoms with E-state index in [9.17, 15) is 13.2 Å². The van der Waals surface area contributed by atoms with Gasteiger partial charge in [0.25, 0.3) is 15.9 Å². The minimum atomic E-state index is -3.68. The minimum absolute atomic E-state index is 0.0894. The van der Waals surface area contributed by atoms with Gasteiger partial charge < -0.3 is 5.32 Å². The molecular formula is C25H28N2O3S. The maximum Gasteiger partial charge on any atom is 0.261 e. The molecule has 0 aliphatic carbocycles. The van der Waals surface area contributed by atoms with E-state index >= 15 is 0 Å². The maximum absolute atomic E-state index is 12.8. The average Bonchev–Trinajstić information content (AvgIpc) is 2.74. The SMILES string of the molecule is Cc1ccc(S(=O)(=O)Nc2ccc(C(=O)NC(CC(C)C)c3ccccc3)cc2)cc1. The molecule has 0 bridgehead atoms. The highest BCUT2D eigenvalue weighted by Crippen LogP contribution is 2.22. The van der Waals surface area contributed by atoms with Crippen LogP contribution >= 0.6 is 0 Å². The third-order valence-corrected chi connectivity index (χ3v) is 6.34. The number of hydrogen-bond donors (Lipinski definition) is 2. The number of aryl methyl sites for hydroxylation is 1. The van der Waals surface area contributed by atoms with Gasteiger partial charge in [0.15, 0.2) is 0 Å². The molecule has 0 aliphatic rings. The second-order valence-corrected chi connectivity index (χ2v) is 9.74. The molecule has 3 aromatic carbocycles. The lowest BCUT2D eigenvalue weighted by Crippen LogP contribution is -2.29. The summed E-state index contributed by atoms with van der Waals surface area (Å²) < 4.78 is 27.6. The first-order chi connectivity index (χ1) is 14.7. The molecule has 0 spiro atoms. The van der Waals surface area contributed by atoms with Gasteiger partial charge in [-0.15, -0.1) is 0 Å². The molecule has 0 heterocycles. The van der Waals surface area contributed by atoms with Crippen molar-refractivity contribution < 1.29 is 13.2 Å². The Morgan fingerprint density at radius 1 is 0.871 bits per heavy atom. The standard InChI is InChI=1S/C25H28N2O3S/c1-18(2)17-24(20-7-5-4-6-8-20)26-25(28)21-11-13-22(14-12-21)27-31(29,30)23-15-9-19(3)10-16-23/h4-16,18,24,27H,17H2,1-3H3,(H,26,28). The first-order valence-electron chi connectivity index (χ1n) is 10.3. The van der Waals surface area contributed by atoms with E-state index < -0.39 is 10.0 Å². The van der Waals surface area contributed by atoms with Crippen molar-refractivity contribution in [2.75, 3.05) is 4.72 Å². The van der Waals surface area contributed by atoms with Crippen molar-refractivity contribution >= 4 is 21.6 Å². The van der Waals surface area contributed by atoms with Crippen LogP contribution in [0.2, 0.25) is 0 Å². The number of anilines is 1. The largest absolute Gasteiger partial charge is 0.345 e. The van der Waals surface area contributed by atoms with E-state index in [-0.39, 0.29) is 16.8 Å². The van der Waals surface area contributed by atoms with E-state index in [2.05, 4.69) is 23.9 Å². The molecule has 1 amide bonds. The molecular weight excluding hydrogens is 408 g/mol. The summed E-state index contributed by atoms with van der Waals surface area (Å²) >= 11 is 0. The molecule has 0 fully saturated rings. The third kappa shape index (κ3) is 6.18. The van der Waals surface area contributed by atoms with Crippen LogP contribution in [-0.4, -0.2) is 14.3 Å². The van der Waals surface area contributed by atoms with Crippen LogP contribution < -0.4 is 10.0 Å². The van der Waals surface area contributed by atoms with Crippen LogP contribution in [-0.2, 0) is 10.0 Å². The maximum atomic E-state index is 12.8. The number of benzene rings is 3. The fraction of sp³-hybridized carbons (Fsp3) is 0.240. The summed E-state index contributed by atoms with van der Waals surface area (Å²) in [5.41, 5.74) is 2.93. The molecule has 1 atom stereocenters. The van der Waals surface area contributed by atoms with Gasteiger partial charge in [0.05, 0.1) is 10.9 Å². The predicted molar refractivity (Wildman–Crippen MR) is 125 cm³/mol. The summed E-state index contributed by atoms with van der Waals surface area (Å²) in [5.74, 6) is 0.228. The molecule has 0 radical (unpaired) electrons. The van der Waals surface area contributed by atoms with Gasteiger partial charge in [-0.1, -0.05) is 61.9 Å². The second-order valence-electron chi connectivity index (χ2n) is 8.06. The van der Waals surface area contributed by atoms with Crippen molar-refractivity contribution in [2.45, 2.75) is 38.1 Å². The van der Waals surface area contributed by atoms with Crippen LogP contribution in [0.3, 0.4) is 0 Å². The molecule has 6 heteroatoms. The second kappa shape index (κ2) is 9.79. The number of carbonyl (C=O) groups excluding carboxylic acids is 1. The molecule has 2 N–H and O–H groups in total. The molecule has 0 saturated carbocycles. The molecule has 0 aliphatic heterocycles. The number of nitrogens with one attached hydrogen (secondary N) is 2. The Hall–Kier alpha value is -3.12. The monoisotopic (exact) mass is 436 g/mol. The Kier molecular flexibility index (Phi) is 7.13. The van der Waals surface area contributed by atoms with Crippen molar-refractivity contribution in [3.8, 4) is 0 Å². The highest BCUT2D eigenvalue weighted by atomic mass is 32.2. The number of carbonyl (C=O) groups is 1. The number of amides is 1. The predicted octanol–water partition coefficient (Wildman–Crippen LogP) is 5.31. The number of hydrogen-bond acceptors (Lipinski definition) is 3. The summed E-state index contributed by atoms with van der Waals surface area (Å²) in [6.45, 7) is 6.14. The van der Waals surface area contributed by atoms with Crippen LogP contribution in [0.25, 0.3) is 0 Å². The Labute approximate surface area is 184 Å². The summed E-state index contributed by atoms with van der Waals surface area (Å²) in [5, 5.41) is 3.10. The molecule has 31 heavy (non-hydrogen) atoms. The van der Waals surface area contributed by atoms with Crippen molar-refractivity contribution in [1.82, 2.24) is 5.32 Å². The molecule has 1 unspecified atom stereocenters. The summed E-state index contributed by atoms with van der Waals surface area (Å²) in [6, 6.07) is 22.9. The zero-order chi connectivity index (χ0) is 22.4. The summed E-state index contributed by atoms with van der Waals surface area (Å²) in [4.78, 5) is 13.0. The van der Waals surface area contributed by atoms with Crippen LogP contribution in [0.15, 0.2) is 83.8 Å². The first kappa shape index (κ1) is 22.6. The van der Waals surface area contributed by atoms with Gasteiger partial charge >= 0.3 is 0 Å². The Morgan fingerprint density at radius 3 is 2.06 bits per heavy atom. The zero-order valence-electron chi connectivity index (χ0n) is 18.0. The molecule has 5 nitrogen and oxygen atoms in total. The third-order valence-electron chi connectivity index (χ3n) is 4.94. The highest BCUT2D eigenvalue weighted by molar-refractivity contribution is 7.92. The van der Waals surface area contributed by atoms with Crippen LogP contribution in [0, 0.1) is 12.8 Å². The smallest absolute Gasteiger partial charge is 0.261 e. The van der Waals surface area contributed by atoms with E-state index in [1.54, 1.807) is 48.5 Å². The van der Waals surface area contributed by atoms with Crippen LogP contribution in [0.5, 0.6) is 0 Å². The van der Waals surface area contributed by atoms with Gasteiger partial charge in [0.1, 0.15) is 0 Å². The van der Waals surface area contributed by atoms with E-state index in [1.165, 1.54) is 0 Å². The average molecular weight is 437 g/mol. The van der Waals surface area contributed by atoms with Gasteiger partial charge in [-0.2, -0.15) is 0 Å². The van der Waals surface area contributed by atoms with E-state index in [4.69, 9.17) is 0 Å². The van der Waals surface area contributed by atoms with Gasteiger partial charge in [0, 0.05) is 11.3 Å². The fourth-order valence-corrected chi connectivity index (χ4v) is 4.36. The van der Waals surface area contributed by atoms with Crippen molar-refractivity contribution in [3.63, 3.8) is 0 Å². The van der Waals surface area contributed by atoms with E-state index in [0.29, 0.717) is 17.2 Å². The summed E-state index contributed by atoms with van der Waals surface area (Å²) in [7, 11) is -3.68. The van der Waals surface area contributed by atoms with Gasteiger partial charge in [-0.05, 0) is 61.2 Å². The van der Waals surface area contributed by atoms with Crippen molar-refractivity contribution in [3.05, 3.63) is 95.6 Å². The van der Waals surface area contributed by atoms with Crippen LogP contribution in [0.1, 0.15) is 47.8 Å². The van der Waals surface area contributed by atoms with E-state index in [0.717, 1.165) is 17.5 Å². The lowest BCUT2D eigenvalue weighted by molar-refractivity contribution is 0.0932. The zero-order valence-corrected chi connectivity index (χ0v) is 18.8. The number of sulfonamides is 1. The van der Waals surface area contributed by atoms with E-state index in [1.807, 2.05) is 37.3 Å². The Bertz CT molecular complexity index is 1110. The quantitative estimate of drug-likeness (QED) is 0.502. The van der Waals surface area contributed by atoms with Gasteiger partial charge in [-0.25, -0.2) is 8.42 Å². The normalized spacial score (nSPS) is 12.4. The molecule has 0 saturated heterocycles. The minimum Gasteiger partial charge on any atom is -0.345 e. The summed E-state index contributed by atoms with van der Waals surface area (Å²) in [6.07, 6.45) is 0.824. The van der Waals surface area contributed by atoms with Gasteiger partial charge in [0.2, 0.25) is 0 Å². The molecule has 162 valence electrons. The number of rotatable bonds is 8. The Balaban J connectivity index is 1.71.